The van der Waals surface area contributed by atoms with Crippen molar-refractivity contribution in [2.75, 3.05) is 13.2 Å². The van der Waals surface area contributed by atoms with Crippen molar-refractivity contribution in [3.8, 4) is 0 Å². The molecule has 1 atom stereocenters. The maximum absolute atomic E-state index is 5.87. The number of nitrogens with zero attached hydrogens (tertiary/aromatic N) is 2. The summed E-state index contributed by atoms with van der Waals surface area (Å²) >= 11 is 11.4. The SMILES string of the molecule is Clc1ncc(CO[C@H]2CCOC2)c(Cl)n1. The van der Waals surface area contributed by atoms with Gasteiger partial charge in [-0.15, -0.1) is 0 Å². The van der Waals surface area contributed by atoms with Crippen LogP contribution < -0.4 is 0 Å². The van der Waals surface area contributed by atoms with Crippen molar-refractivity contribution in [3.05, 3.63) is 22.2 Å². The van der Waals surface area contributed by atoms with Gasteiger partial charge >= 0.3 is 0 Å². The number of ether oxygens (including phenoxy) is 2. The summed E-state index contributed by atoms with van der Waals surface area (Å²) in [7, 11) is 0. The van der Waals surface area contributed by atoms with Crippen LogP contribution in [-0.2, 0) is 16.1 Å². The molecule has 2 heterocycles. The molecule has 15 heavy (non-hydrogen) atoms. The Kier molecular flexibility index (Phi) is 3.75. The van der Waals surface area contributed by atoms with Crippen molar-refractivity contribution in [1.82, 2.24) is 9.97 Å². The molecule has 0 aliphatic carbocycles. The summed E-state index contributed by atoms with van der Waals surface area (Å²) in [4.78, 5) is 7.67. The maximum atomic E-state index is 5.87. The lowest BCUT2D eigenvalue weighted by Gasteiger charge is -2.09. The molecule has 0 unspecified atom stereocenters. The summed E-state index contributed by atoms with van der Waals surface area (Å²) in [5.74, 6) is 0. The first-order valence-electron chi connectivity index (χ1n) is 4.62. The fourth-order valence-corrected chi connectivity index (χ4v) is 1.67. The number of aromatic nitrogens is 2. The quantitative estimate of drug-likeness (QED) is 0.607. The Morgan fingerprint density at radius 3 is 3.07 bits per heavy atom. The van der Waals surface area contributed by atoms with Crippen LogP contribution in [0.3, 0.4) is 0 Å². The van der Waals surface area contributed by atoms with Crippen LogP contribution in [0.5, 0.6) is 0 Å². The van der Waals surface area contributed by atoms with E-state index in [-0.39, 0.29) is 11.4 Å². The first-order valence-corrected chi connectivity index (χ1v) is 5.37. The van der Waals surface area contributed by atoms with Gasteiger partial charge in [0.2, 0.25) is 5.28 Å². The molecular weight excluding hydrogens is 239 g/mol. The van der Waals surface area contributed by atoms with Gasteiger partial charge in [0, 0.05) is 18.4 Å². The van der Waals surface area contributed by atoms with Gasteiger partial charge in [-0.1, -0.05) is 11.6 Å². The van der Waals surface area contributed by atoms with Crippen LogP contribution in [0.25, 0.3) is 0 Å². The van der Waals surface area contributed by atoms with E-state index >= 15 is 0 Å². The molecule has 0 spiro atoms. The molecule has 6 heteroatoms. The maximum Gasteiger partial charge on any atom is 0.223 e. The fourth-order valence-electron chi connectivity index (χ4n) is 1.31. The second kappa shape index (κ2) is 5.07. The molecule has 1 aromatic rings. The van der Waals surface area contributed by atoms with E-state index in [1.165, 1.54) is 0 Å². The van der Waals surface area contributed by atoms with Crippen LogP contribution in [0, 0.1) is 0 Å². The van der Waals surface area contributed by atoms with Gasteiger partial charge in [0.15, 0.2) is 0 Å². The van der Waals surface area contributed by atoms with Crippen molar-refractivity contribution < 1.29 is 9.47 Å². The summed E-state index contributed by atoms with van der Waals surface area (Å²) in [6.45, 7) is 1.80. The molecule has 1 fully saturated rings. The minimum absolute atomic E-state index is 0.146. The van der Waals surface area contributed by atoms with E-state index in [1.54, 1.807) is 6.20 Å². The summed E-state index contributed by atoms with van der Waals surface area (Å²) in [6.07, 6.45) is 2.65. The van der Waals surface area contributed by atoms with Crippen molar-refractivity contribution >= 4 is 23.2 Å². The molecule has 0 aromatic carbocycles. The number of hydrogen-bond donors (Lipinski definition) is 0. The average Bonchev–Trinajstić information content (AvgIpc) is 2.69. The minimum atomic E-state index is 0.146. The number of halogens is 2. The highest BCUT2D eigenvalue weighted by molar-refractivity contribution is 6.32. The van der Waals surface area contributed by atoms with E-state index in [0.29, 0.717) is 18.4 Å². The molecule has 0 amide bonds. The standard InChI is InChI=1S/C9H10Cl2N2O2/c10-8-6(3-12-9(11)13-8)4-15-7-1-2-14-5-7/h3,7H,1-2,4-5H2/t7-/m0/s1. The second-order valence-corrected chi connectivity index (χ2v) is 3.95. The molecule has 2 rings (SSSR count). The third-order valence-corrected chi connectivity index (χ3v) is 2.65. The average molecular weight is 249 g/mol. The molecule has 1 saturated heterocycles. The fraction of sp³-hybridized carbons (Fsp3) is 0.556. The predicted octanol–water partition coefficient (Wildman–Crippen LogP) is 2.09. The lowest BCUT2D eigenvalue weighted by atomic mass is 10.3. The highest BCUT2D eigenvalue weighted by atomic mass is 35.5. The summed E-state index contributed by atoms with van der Waals surface area (Å²) < 4.78 is 10.8. The summed E-state index contributed by atoms with van der Waals surface area (Å²) in [5.41, 5.74) is 0.743. The highest BCUT2D eigenvalue weighted by Crippen LogP contribution is 2.17. The van der Waals surface area contributed by atoms with E-state index in [9.17, 15) is 0 Å². The first kappa shape index (κ1) is 11.1. The molecule has 0 radical (unpaired) electrons. The van der Waals surface area contributed by atoms with Crippen molar-refractivity contribution in [2.45, 2.75) is 19.1 Å². The van der Waals surface area contributed by atoms with Crippen molar-refractivity contribution in [2.24, 2.45) is 0 Å². The van der Waals surface area contributed by atoms with Crippen LogP contribution in [0.15, 0.2) is 6.20 Å². The first-order chi connectivity index (χ1) is 7.25. The van der Waals surface area contributed by atoms with Gasteiger partial charge in [-0.3, -0.25) is 0 Å². The molecule has 0 N–H and O–H groups in total. The second-order valence-electron chi connectivity index (χ2n) is 3.25. The van der Waals surface area contributed by atoms with Crippen LogP contribution in [0.4, 0.5) is 0 Å². The summed E-state index contributed by atoms with van der Waals surface area (Å²) in [6, 6.07) is 0. The Hall–Kier alpha value is -0.420. The van der Waals surface area contributed by atoms with E-state index in [2.05, 4.69) is 9.97 Å². The van der Waals surface area contributed by atoms with Crippen molar-refractivity contribution in [1.29, 1.82) is 0 Å². The van der Waals surface area contributed by atoms with Crippen LogP contribution >= 0.6 is 23.2 Å². The third-order valence-electron chi connectivity index (χ3n) is 2.14. The van der Waals surface area contributed by atoms with Crippen LogP contribution in [-0.4, -0.2) is 29.3 Å². The molecule has 1 aliphatic rings. The van der Waals surface area contributed by atoms with Gasteiger partial charge in [0.1, 0.15) is 5.15 Å². The molecule has 1 aliphatic heterocycles. The van der Waals surface area contributed by atoms with E-state index in [4.69, 9.17) is 32.7 Å². The number of hydrogen-bond acceptors (Lipinski definition) is 4. The van der Waals surface area contributed by atoms with Crippen LogP contribution in [0.2, 0.25) is 10.4 Å². The molecular formula is C9H10Cl2N2O2. The zero-order chi connectivity index (χ0) is 10.7. The Bertz CT molecular complexity index is 343. The van der Waals surface area contributed by atoms with Gasteiger partial charge in [-0.2, -0.15) is 0 Å². The highest BCUT2D eigenvalue weighted by Gasteiger charge is 2.16. The van der Waals surface area contributed by atoms with Crippen molar-refractivity contribution in [3.63, 3.8) is 0 Å². The van der Waals surface area contributed by atoms with Gasteiger partial charge in [-0.05, 0) is 18.0 Å². The van der Waals surface area contributed by atoms with Crippen LogP contribution in [0.1, 0.15) is 12.0 Å². The third kappa shape index (κ3) is 3.01. The molecule has 82 valence electrons. The topological polar surface area (TPSA) is 44.2 Å². The lowest BCUT2D eigenvalue weighted by Crippen LogP contribution is -2.12. The molecule has 1 aromatic heterocycles. The number of rotatable bonds is 3. The predicted molar refractivity (Wildman–Crippen MR) is 56.1 cm³/mol. The van der Waals surface area contributed by atoms with Gasteiger partial charge < -0.3 is 9.47 Å². The molecule has 0 bridgehead atoms. The van der Waals surface area contributed by atoms with E-state index in [1.807, 2.05) is 0 Å². The minimum Gasteiger partial charge on any atom is -0.379 e. The lowest BCUT2D eigenvalue weighted by molar-refractivity contribution is 0.0315. The van der Waals surface area contributed by atoms with Gasteiger partial charge in [0.05, 0.1) is 19.3 Å². The smallest absolute Gasteiger partial charge is 0.223 e. The van der Waals surface area contributed by atoms with E-state index < -0.39 is 0 Å². The Balaban J connectivity index is 1.92. The normalized spacial score (nSPS) is 20.8. The van der Waals surface area contributed by atoms with Gasteiger partial charge in [0.25, 0.3) is 0 Å². The molecule has 4 nitrogen and oxygen atoms in total. The van der Waals surface area contributed by atoms with E-state index in [0.717, 1.165) is 18.6 Å². The summed E-state index contributed by atoms with van der Waals surface area (Å²) in [5, 5.41) is 0.488. The van der Waals surface area contributed by atoms with Gasteiger partial charge in [-0.25, -0.2) is 9.97 Å². The monoisotopic (exact) mass is 248 g/mol. The Morgan fingerprint density at radius 1 is 1.53 bits per heavy atom. The largest absolute Gasteiger partial charge is 0.379 e. The zero-order valence-corrected chi connectivity index (χ0v) is 9.46. The zero-order valence-electron chi connectivity index (χ0n) is 7.95. The Morgan fingerprint density at radius 2 is 2.40 bits per heavy atom. The molecule has 0 saturated carbocycles. The Labute approximate surface area is 97.5 Å².